The number of hydrogen-bond donors (Lipinski definition) is 0. The summed E-state index contributed by atoms with van der Waals surface area (Å²) in [7, 11) is 0. The molecular formula is C18H12Cl2N2O3. The number of rotatable bonds is 3. The summed E-state index contributed by atoms with van der Waals surface area (Å²) in [6.45, 7) is 2.05. The van der Waals surface area contributed by atoms with Crippen molar-refractivity contribution in [2.24, 2.45) is 0 Å². The zero-order valence-electron chi connectivity index (χ0n) is 13.1. The molecule has 3 heterocycles. The molecule has 0 spiro atoms. The first-order valence-electron chi connectivity index (χ1n) is 7.49. The smallest absolute Gasteiger partial charge is 0.336 e. The number of ether oxygens (including phenoxy) is 1. The van der Waals surface area contributed by atoms with Crippen LogP contribution in [0.5, 0.6) is 5.75 Å². The summed E-state index contributed by atoms with van der Waals surface area (Å²) in [6.07, 6.45) is 3.61. The van der Waals surface area contributed by atoms with Crippen LogP contribution in [0.15, 0.2) is 51.9 Å². The van der Waals surface area contributed by atoms with Gasteiger partial charge in [0.1, 0.15) is 23.6 Å². The lowest BCUT2D eigenvalue weighted by molar-refractivity contribution is 0.302. The molecule has 0 aliphatic heterocycles. The highest BCUT2D eigenvalue weighted by Crippen LogP contribution is 2.31. The topological polar surface area (TPSA) is 56.7 Å². The first kappa shape index (κ1) is 16.0. The van der Waals surface area contributed by atoms with E-state index in [4.69, 9.17) is 32.4 Å². The van der Waals surface area contributed by atoms with Gasteiger partial charge in [0.15, 0.2) is 0 Å². The molecule has 0 fully saturated rings. The lowest BCUT2D eigenvalue weighted by Crippen LogP contribution is -2.00. The van der Waals surface area contributed by atoms with Crippen LogP contribution in [0, 0.1) is 6.92 Å². The second kappa shape index (κ2) is 6.10. The Labute approximate surface area is 152 Å². The van der Waals surface area contributed by atoms with Gasteiger partial charge in [0.05, 0.1) is 15.7 Å². The summed E-state index contributed by atoms with van der Waals surface area (Å²) < 4.78 is 12.8. The molecule has 5 nitrogen and oxygen atoms in total. The third kappa shape index (κ3) is 3.08. The third-order valence-electron chi connectivity index (χ3n) is 3.84. The lowest BCUT2D eigenvalue weighted by Gasteiger charge is -2.08. The van der Waals surface area contributed by atoms with E-state index in [0.717, 1.165) is 22.3 Å². The molecular weight excluding hydrogens is 363 g/mol. The van der Waals surface area contributed by atoms with Gasteiger partial charge in [-0.3, -0.25) is 0 Å². The Balaban J connectivity index is 1.65. The maximum atomic E-state index is 11.5. The average molecular weight is 375 g/mol. The van der Waals surface area contributed by atoms with E-state index in [-0.39, 0.29) is 6.61 Å². The van der Waals surface area contributed by atoms with Gasteiger partial charge in [-0.15, -0.1) is 0 Å². The van der Waals surface area contributed by atoms with Crippen LogP contribution >= 0.6 is 23.2 Å². The monoisotopic (exact) mass is 374 g/mol. The number of halogens is 2. The maximum Gasteiger partial charge on any atom is 0.336 e. The second-order valence-electron chi connectivity index (χ2n) is 5.66. The van der Waals surface area contributed by atoms with E-state index >= 15 is 0 Å². The van der Waals surface area contributed by atoms with E-state index in [1.807, 2.05) is 23.6 Å². The Hall–Kier alpha value is -2.50. The number of aromatic nitrogens is 2. The molecule has 126 valence electrons. The molecule has 0 atom stereocenters. The van der Waals surface area contributed by atoms with Gasteiger partial charge in [-0.05, 0) is 30.7 Å². The molecule has 7 heteroatoms. The molecule has 0 N–H and O–H groups in total. The summed E-state index contributed by atoms with van der Waals surface area (Å²) in [5.41, 5.74) is 2.33. The van der Waals surface area contributed by atoms with Crippen molar-refractivity contribution in [2.75, 3.05) is 0 Å². The van der Waals surface area contributed by atoms with Crippen LogP contribution in [0.2, 0.25) is 10.0 Å². The summed E-state index contributed by atoms with van der Waals surface area (Å²) >= 11 is 12.3. The third-order valence-corrected chi connectivity index (χ3v) is 4.36. The van der Waals surface area contributed by atoms with E-state index in [2.05, 4.69) is 4.98 Å². The normalized spacial score (nSPS) is 11.3. The summed E-state index contributed by atoms with van der Waals surface area (Å²) in [4.78, 5) is 16.0. The van der Waals surface area contributed by atoms with E-state index in [1.165, 1.54) is 6.07 Å². The largest absolute Gasteiger partial charge is 0.486 e. The summed E-state index contributed by atoms with van der Waals surface area (Å²) in [6, 6.07) is 8.39. The van der Waals surface area contributed by atoms with Crippen molar-refractivity contribution >= 4 is 39.8 Å². The maximum absolute atomic E-state index is 11.5. The van der Waals surface area contributed by atoms with Gasteiger partial charge in [-0.2, -0.15) is 0 Å². The number of benzene rings is 1. The van der Waals surface area contributed by atoms with Crippen molar-refractivity contribution in [3.05, 3.63) is 74.4 Å². The quantitative estimate of drug-likeness (QED) is 0.490. The minimum absolute atomic E-state index is 0.223. The highest BCUT2D eigenvalue weighted by atomic mass is 35.5. The predicted octanol–water partition coefficient (Wildman–Crippen LogP) is 4.63. The number of hydrogen-bond acceptors (Lipinski definition) is 4. The number of aryl methyl sites for hydroxylation is 1. The van der Waals surface area contributed by atoms with Gasteiger partial charge in [-0.25, -0.2) is 9.78 Å². The fourth-order valence-corrected chi connectivity index (χ4v) is 3.06. The number of nitrogens with zero attached hydrogens (tertiary/aromatic N) is 2. The van der Waals surface area contributed by atoms with Crippen LogP contribution in [0.4, 0.5) is 0 Å². The molecule has 0 aliphatic rings. The highest BCUT2D eigenvalue weighted by molar-refractivity contribution is 6.32. The minimum Gasteiger partial charge on any atom is -0.486 e. The van der Waals surface area contributed by atoms with Crippen molar-refractivity contribution in [3.8, 4) is 5.75 Å². The molecule has 4 aromatic rings. The van der Waals surface area contributed by atoms with Crippen molar-refractivity contribution in [1.29, 1.82) is 0 Å². The molecule has 0 saturated heterocycles. The van der Waals surface area contributed by atoms with Gasteiger partial charge in [0, 0.05) is 29.9 Å². The summed E-state index contributed by atoms with van der Waals surface area (Å²) in [5, 5.41) is 1.84. The second-order valence-corrected chi connectivity index (χ2v) is 6.50. The van der Waals surface area contributed by atoms with Gasteiger partial charge >= 0.3 is 5.63 Å². The van der Waals surface area contributed by atoms with Crippen LogP contribution in [0.1, 0.15) is 11.3 Å². The van der Waals surface area contributed by atoms with Crippen molar-refractivity contribution < 1.29 is 9.15 Å². The van der Waals surface area contributed by atoms with Gasteiger partial charge in [0.25, 0.3) is 0 Å². The Morgan fingerprint density at radius 1 is 1.20 bits per heavy atom. The fraction of sp³-hybridized carbons (Fsp3) is 0.111. The van der Waals surface area contributed by atoms with Gasteiger partial charge in [0.2, 0.25) is 0 Å². The molecule has 0 radical (unpaired) electrons. The van der Waals surface area contributed by atoms with Crippen LogP contribution in [0.3, 0.4) is 0 Å². The average Bonchev–Trinajstić information content (AvgIpc) is 2.95. The Morgan fingerprint density at radius 3 is 2.88 bits per heavy atom. The molecule has 25 heavy (non-hydrogen) atoms. The molecule has 4 rings (SSSR count). The zero-order chi connectivity index (χ0) is 17.6. The van der Waals surface area contributed by atoms with Crippen LogP contribution in [-0.4, -0.2) is 9.38 Å². The number of imidazole rings is 1. The van der Waals surface area contributed by atoms with Crippen molar-refractivity contribution in [1.82, 2.24) is 9.38 Å². The molecule has 0 aliphatic carbocycles. The molecule has 0 bridgehead atoms. The van der Waals surface area contributed by atoms with E-state index < -0.39 is 5.63 Å². The first-order valence-corrected chi connectivity index (χ1v) is 8.25. The molecule has 0 amide bonds. The van der Waals surface area contributed by atoms with E-state index in [9.17, 15) is 4.79 Å². The lowest BCUT2D eigenvalue weighted by atomic mass is 10.1. The zero-order valence-corrected chi connectivity index (χ0v) is 14.6. The minimum atomic E-state index is -0.407. The Kier molecular flexibility index (Phi) is 3.90. The van der Waals surface area contributed by atoms with E-state index in [0.29, 0.717) is 21.4 Å². The van der Waals surface area contributed by atoms with Crippen LogP contribution in [-0.2, 0) is 6.61 Å². The fourth-order valence-electron chi connectivity index (χ4n) is 2.67. The Bertz CT molecular complexity index is 1160. The Morgan fingerprint density at radius 2 is 2.04 bits per heavy atom. The van der Waals surface area contributed by atoms with Gasteiger partial charge < -0.3 is 13.6 Å². The molecule has 3 aromatic heterocycles. The predicted molar refractivity (Wildman–Crippen MR) is 96.8 cm³/mol. The summed E-state index contributed by atoms with van der Waals surface area (Å²) in [5.74, 6) is 0.429. The highest BCUT2D eigenvalue weighted by Gasteiger charge is 2.10. The first-order chi connectivity index (χ1) is 12.0. The standard InChI is InChI=1S/C18H12Cl2N2O3/c1-10-4-18(23)25-15-6-16(14(20)5-13(10)15)24-9-12-8-22-7-11(19)2-3-17(22)21-12/h2-8H,9H2,1H3. The number of pyridine rings is 1. The van der Waals surface area contributed by atoms with Crippen LogP contribution < -0.4 is 10.4 Å². The van der Waals surface area contributed by atoms with Crippen molar-refractivity contribution in [2.45, 2.75) is 13.5 Å². The molecule has 0 saturated carbocycles. The number of fused-ring (bicyclic) bond motifs is 2. The van der Waals surface area contributed by atoms with E-state index in [1.54, 1.807) is 24.4 Å². The van der Waals surface area contributed by atoms with Crippen molar-refractivity contribution in [3.63, 3.8) is 0 Å². The molecule has 1 aromatic carbocycles. The van der Waals surface area contributed by atoms with Gasteiger partial charge in [-0.1, -0.05) is 23.2 Å². The molecule has 0 unspecified atom stereocenters. The van der Waals surface area contributed by atoms with Crippen LogP contribution in [0.25, 0.3) is 16.6 Å². The SMILES string of the molecule is Cc1cc(=O)oc2cc(OCc3cn4cc(Cl)ccc4n3)c(Cl)cc12.